The minimum absolute atomic E-state index is 0.334. The van der Waals surface area contributed by atoms with Gasteiger partial charge >= 0.3 is 6.18 Å². The van der Waals surface area contributed by atoms with Crippen LogP contribution in [0.4, 0.5) is 19.0 Å². The van der Waals surface area contributed by atoms with Gasteiger partial charge in [0.2, 0.25) is 0 Å². The van der Waals surface area contributed by atoms with Gasteiger partial charge in [0.05, 0.1) is 17.7 Å². The van der Waals surface area contributed by atoms with Crippen molar-refractivity contribution in [1.29, 1.82) is 0 Å². The number of halogens is 3. The Balaban J connectivity index is 1.99. The van der Waals surface area contributed by atoms with Crippen LogP contribution in [0.15, 0.2) is 30.3 Å². The minimum atomic E-state index is -4.39. The zero-order valence-electron chi connectivity index (χ0n) is 14.1. The SMILES string of the molecule is CCc1cc(N2CC(O)CC2c2cccc(C(F)(F)F)c2)nc(C)n1. The molecule has 3 rings (SSSR count). The van der Waals surface area contributed by atoms with Gasteiger partial charge in [-0.3, -0.25) is 0 Å². The van der Waals surface area contributed by atoms with Gasteiger partial charge in [-0.15, -0.1) is 0 Å². The van der Waals surface area contributed by atoms with Crippen LogP contribution < -0.4 is 4.90 Å². The second-order valence-corrected chi connectivity index (χ2v) is 6.30. The van der Waals surface area contributed by atoms with E-state index in [1.165, 1.54) is 6.07 Å². The van der Waals surface area contributed by atoms with Crippen LogP contribution in [0.25, 0.3) is 0 Å². The number of aromatic nitrogens is 2. The van der Waals surface area contributed by atoms with E-state index in [1.54, 1.807) is 13.0 Å². The number of alkyl halides is 3. The zero-order chi connectivity index (χ0) is 18.2. The maximum absolute atomic E-state index is 13.0. The number of anilines is 1. The molecule has 0 amide bonds. The lowest BCUT2D eigenvalue weighted by Gasteiger charge is -2.26. The van der Waals surface area contributed by atoms with Crippen molar-refractivity contribution < 1.29 is 18.3 Å². The fourth-order valence-corrected chi connectivity index (χ4v) is 3.25. The molecule has 2 heterocycles. The maximum atomic E-state index is 13.0. The molecule has 0 bridgehead atoms. The highest BCUT2D eigenvalue weighted by molar-refractivity contribution is 5.46. The van der Waals surface area contributed by atoms with Crippen molar-refractivity contribution in [3.05, 3.63) is 53.0 Å². The van der Waals surface area contributed by atoms with E-state index in [1.807, 2.05) is 17.9 Å². The van der Waals surface area contributed by atoms with Gasteiger partial charge in [0.25, 0.3) is 0 Å². The molecule has 1 aromatic carbocycles. The summed E-state index contributed by atoms with van der Waals surface area (Å²) >= 11 is 0. The fraction of sp³-hybridized carbons (Fsp3) is 0.444. The zero-order valence-corrected chi connectivity index (χ0v) is 14.1. The first-order valence-electron chi connectivity index (χ1n) is 8.24. The van der Waals surface area contributed by atoms with Gasteiger partial charge in [0, 0.05) is 18.3 Å². The van der Waals surface area contributed by atoms with E-state index in [2.05, 4.69) is 9.97 Å². The molecule has 1 saturated heterocycles. The summed E-state index contributed by atoms with van der Waals surface area (Å²) in [7, 11) is 0. The number of hydrogen-bond acceptors (Lipinski definition) is 4. The monoisotopic (exact) mass is 351 g/mol. The standard InChI is InChI=1S/C18H20F3N3O/c1-3-14-8-17(23-11(2)22-14)24-10-15(25)9-16(24)12-5-4-6-13(7-12)18(19,20)21/h4-8,15-16,25H,3,9-10H2,1-2H3. The molecule has 7 heteroatoms. The molecular formula is C18H20F3N3O. The largest absolute Gasteiger partial charge is 0.416 e. The predicted octanol–water partition coefficient (Wildman–Crippen LogP) is 3.68. The molecule has 1 N–H and O–H groups in total. The van der Waals surface area contributed by atoms with E-state index in [9.17, 15) is 18.3 Å². The van der Waals surface area contributed by atoms with Gasteiger partial charge in [-0.05, 0) is 37.5 Å². The Morgan fingerprint density at radius 3 is 2.68 bits per heavy atom. The van der Waals surface area contributed by atoms with Crippen LogP contribution in [-0.4, -0.2) is 27.7 Å². The lowest BCUT2D eigenvalue weighted by molar-refractivity contribution is -0.137. The molecule has 2 unspecified atom stereocenters. The number of aliphatic hydroxyl groups is 1. The average molecular weight is 351 g/mol. The molecule has 4 nitrogen and oxygen atoms in total. The second-order valence-electron chi connectivity index (χ2n) is 6.30. The van der Waals surface area contributed by atoms with Crippen molar-refractivity contribution >= 4 is 5.82 Å². The predicted molar refractivity (Wildman–Crippen MR) is 88.3 cm³/mol. The number of hydrogen-bond donors (Lipinski definition) is 1. The summed E-state index contributed by atoms with van der Waals surface area (Å²) < 4.78 is 39.1. The van der Waals surface area contributed by atoms with Crippen LogP contribution >= 0.6 is 0 Å². The number of β-amino-alcohol motifs (C(OH)–C–C–N with tert-alkyl or cyclic N) is 1. The number of rotatable bonds is 3. The molecule has 0 saturated carbocycles. The molecule has 1 aromatic heterocycles. The number of nitrogens with zero attached hydrogens (tertiary/aromatic N) is 3. The Hall–Kier alpha value is -2.15. The van der Waals surface area contributed by atoms with Crippen molar-refractivity contribution in [2.75, 3.05) is 11.4 Å². The van der Waals surface area contributed by atoms with Crippen LogP contribution in [0.3, 0.4) is 0 Å². The molecule has 0 radical (unpaired) electrons. The number of aliphatic hydroxyl groups excluding tert-OH is 1. The van der Waals surface area contributed by atoms with Gasteiger partial charge in [0.15, 0.2) is 0 Å². The molecule has 1 aliphatic rings. The summed E-state index contributed by atoms with van der Waals surface area (Å²) in [5.74, 6) is 1.25. The van der Waals surface area contributed by atoms with Gasteiger partial charge in [-0.2, -0.15) is 13.2 Å². The molecule has 25 heavy (non-hydrogen) atoms. The topological polar surface area (TPSA) is 49.2 Å². The van der Waals surface area contributed by atoms with Crippen molar-refractivity contribution in [3.63, 3.8) is 0 Å². The average Bonchev–Trinajstić information content (AvgIpc) is 2.95. The lowest BCUT2D eigenvalue weighted by atomic mass is 10.0. The summed E-state index contributed by atoms with van der Waals surface area (Å²) in [5, 5.41) is 10.1. The Morgan fingerprint density at radius 2 is 2.00 bits per heavy atom. The van der Waals surface area contributed by atoms with Crippen molar-refractivity contribution in [2.24, 2.45) is 0 Å². The molecule has 1 aliphatic heterocycles. The van der Waals surface area contributed by atoms with Crippen LogP contribution in [-0.2, 0) is 12.6 Å². The molecule has 1 fully saturated rings. The smallest absolute Gasteiger partial charge is 0.391 e. The molecule has 0 spiro atoms. The third kappa shape index (κ3) is 3.76. The first kappa shape index (κ1) is 17.7. The van der Waals surface area contributed by atoms with E-state index in [4.69, 9.17) is 0 Å². The molecule has 134 valence electrons. The summed E-state index contributed by atoms with van der Waals surface area (Å²) in [6.45, 7) is 4.10. The molecule has 2 aromatic rings. The van der Waals surface area contributed by atoms with E-state index in [0.29, 0.717) is 30.2 Å². The second kappa shape index (κ2) is 6.63. The van der Waals surface area contributed by atoms with E-state index < -0.39 is 17.8 Å². The highest BCUT2D eigenvalue weighted by Crippen LogP contribution is 2.38. The van der Waals surface area contributed by atoms with Crippen LogP contribution in [0, 0.1) is 6.92 Å². The Bertz CT molecular complexity index is 763. The first-order valence-corrected chi connectivity index (χ1v) is 8.24. The fourth-order valence-electron chi connectivity index (χ4n) is 3.25. The quantitative estimate of drug-likeness (QED) is 0.917. The Labute approximate surface area is 144 Å². The third-order valence-electron chi connectivity index (χ3n) is 4.41. The van der Waals surface area contributed by atoms with E-state index >= 15 is 0 Å². The summed E-state index contributed by atoms with van der Waals surface area (Å²) in [5.41, 5.74) is 0.715. The van der Waals surface area contributed by atoms with Crippen LogP contribution in [0.2, 0.25) is 0 Å². The minimum Gasteiger partial charge on any atom is -0.391 e. The first-order chi connectivity index (χ1) is 11.8. The molecule has 2 atom stereocenters. The van der Waals surface area contributed by atoms with Crippen molar-refractivity contribution in [1.82, 2.24) is 9.97 Å². The molecule has 0 aliphatic carbocycles. The van der Waals surface area contributed by atoms with Gasteiger partial charge < -0.3 is 10.0 Å². The van der Waals surface area contributed by atoms with Gasteiger partial charge in [-0.25, -0.2) is 9.97 Å². The summed E-state index contributed by atoms with van der Waals surface area (Å²) in [4.78, 5) is 10.6. The summed E-state index contributed by atoms with van der Waals surface area (Å²) in [6.07, 6.45) is -3.90. The highest BCUT2D eigenvalue weighted by atomic mass is 19.4. The molecular weight excluding hydrogens is 331 g/mol. The lowest BCUT2D eigenvalue weighted by Crippen LogP contribution is -2.26. The van der Waals surface area contributed by atoms with Crippen LogP contribution in [0.1, 0.15) is 42.0 Å². The normalized spacial score (nSPS) is 21.0. The van der Waals surface area contributed by atoms with Gasteiger partial charge in [0.1, 0.15) is 11.6 Å². The summed E-state index contributed by atoms with van der Waals surface area (Å²) in [6, 6.07) is 6.78. The number of aryl methyl sites for hydroxylation is 2. The highest BCUT2D eigenvalue weighted by Gasteiger charge is 2.36. The van der Waals surface area contributed by atoms with Crippen molar-refractivity contribution in [2.45, 2.75) is 45.0 Å². The Morgan fingerprint density at radius 1 is 1.24 bits per heavy atom. The van der Waals surface area contributed by atoms with Gasteiger partial charge in [-0.1, -0.05) is 19.1 Å². The number of benzene rings is 1. The maximum Gasteiger partial charge on any atom is 0.416 e. The van der Waals surface area contributed by atoms with E-state index in [0.717, 1.165) is 24.2 Å². The third-order valence-corrected chi connectivity index (χ3v) is 4.41. The van der Waals surface area contributed by atoms with Crippen molar-refractivity contribution in [3.8, 4) is 0 Å². The van der Waals surface area contributed by atoms with E-state index in [-0.39, 0.29) is 6.04 Å². The van der Waals surface area contributed by atoms with Crippen LogP contribution in [0.5, 0.6) is 0 Å². The Kier molecular flexibility index (Phi) is 4.69.